The van der Waals surface area contributed by atoms with Gasteiger partial charge in [0.1, 0.15) is 0 Å². The van der Waals surface area contributed by atoms with Gasteiger partial charge in [0.2, 0.25) is 0 Å². The highest BCUT2D eigenvalue weighted by Gasteiger charge is 2.14. The fourth-order valence-corrected chi connectivity index (χ4v) is 2.37. The van der Waals surface area contributed by atoms with Crippen LogP contribution in [0.25, 0.3) is 0 Å². The molecule has 0 aromatic heterocycles. The molecule has 2 atom stereocenters. The molecule has 0 amide bonds. The van der Waals surface area contributed by atoms with Gasteiger partial charge in [-0.3, -0.25) is 0 Å². The minimum absolute atomic E-state index is 0.750. The Morgan fingerprint density at radius 1 is 1.12 bits per heavy atom. The molecular weight excluding hydrogens is 198 g/mol. The van der Waals surface area contributed by atoms with E-state index in [4.69, 9.17) is 4.74 Å². The van der Waals surface area contributed by atoms with Crippen molar-refractivity contribution in [2.45, 2.75) is 64.8 Å². The van der Waals surface area contributed by atoms with Crippen molar-refractivity contribution in [1.29, 1.82) is 0 Å². The zero-order valence-corrected chi connectivity index (χ0v) is 11.1. The van der Waals surface area contributed by atoms with Crippen LogP contribution in [-0.2, 0) is 4.74 Å². The van der Waals surface area contributed by atoms with E-state index < -0.39 is 0 Å². The molecule has 0 aromatic carbocycles. The van der Waals surface area contributed by atoms with Crippen LogP contribution in [0, 0.1) is 5.92 Å². The van der Waals surface area contributed by atoms with Crippen LogP contribution in [0.5, 0.6) is 0 Å². The van der Waals surface area contributed by atoms with Crippen LogP contribution in [0.15, 0.2) is 0 Å². The molecule has 2 heteroatoms. The molecule has 1 rings (SSSR count). The number of ether oxygens (including phenoxy) is 1. The average molecular weight is 227 g/mol. The molecule has 0 saturated heterocycles. The third kappa shape index (κ3) is 6.49. The number of nitrogens with one attached hydrogen (secondary N) is 1. The zero-order chi connectivity index (χ0) is 11.6. The number of unbranched alkanes of at least 4 members (excludes halogenated alkanes) is 1. The smallest absolute Gasteiger partial charge is 0.0590 e. The summed E-state index contributed by atoms with van der Waals surface area (Å²) in [4.78, 5) is 0. The molecule has 0 bridgehead atoms. The summed E-state index contributed by atoms with van der Waals surface area (Å²) in [5, 5.41) is 3.63. The molecule has 0 aliphatic heterocycles. The van der Waals surface area contributed by atoms with Crippen LogP contribution >= 0.6 is 0 Å². The van der Waals surface area contributed by atoms with E-state index in [0.29, 0.717) is 0 Å². The largest absolute Gasteiger partial charge is 0.380 e. The first-order chi connectivity index (χ1) is 7.83. The fourth-order valence-electron chi connectivity index (χ4n) is 2.37. The molecule has 2 nitrogen and oxygen atoms in total. The Hall–Kier alpha value is -0.0800. The van der Waals surface area contributed by atoms with Crippen LogP contribution < -0.4 is 5.32 Å². The van der Waals surface area contributed by atoms with Gasteiger partial charge in [0, 0.05) is 19.2 Å². The van der Waals surface area contributed by atoms with Crippen LogP contribution in [0.2, 0.25) is 0 Å². The second-order valence-electron chi connectivity index (χ2n) is 5.23. The summed E-state index contributed by atoms with van der Waals surface area (Å²) in [6.45, 7) is 7.43. The van der Waals surface area contributed by atoms with Gasteiger partial charge in [0.15, 0.2) is 0 Å². The maximum Gasteiger partial charge on any atom is 0.0590 e. The zero-order valence-electron chi connectivity index (χ0n) is 11.1. The van der Waals surface area contributed by atoms with E-state index >= 15 is 0 Å². The molecule has 16 heavy (non-hydrogen) atoms. The summed E-state index contributed by atoms with van der Waals surface area (Å²) in [5.41, 5.74) is 0. The molecule has 96 valence electrons. The van der Waals surface area contributed by atoms with E-state index in [1.807, 2.05) is 0 Å². The second-order valence-corrected chi connectivity index (χ2v) is 5.23. The van der Waals surface area contributed by atoms with Crippen LogP contribution in [0.3, 0.4) is 0 Å². The highest BCUT2D eigenvalue weighted by atomic mass is 16.5. The first-order valence-electron chi connectivity index (χ1n) is 7.14. The number of rotatable bonds is 7. The maximum atomic E-state index is 5.55. The third-order valence-corrected chi connectivity index (χ3v) is 3.58. The molecule has 1 aliphatic rings. The Kier molecular flexibility index (Phi) is 7.87. The lowest BCUT2D eigenvalue weighted by atomic mass is 10.0. The quantitative estimate of drug-likeness (QED) is 0.532. The predicted molar refractivity (Wildman–Crippen MR) is 69.8 cm³/mol. The molecule has 1 aliphatic carbocycles. The Morgan fingerprint density at radius 3 is 2.81 bits per heavy atom. The van der Waals surface area contributed by atoms with Crippen LogP contribution in [0.4, 0.5) is 0 Å². The summed E-state index contributed by atoms with van der Waals surface area (Å²) in [5.74, 6) is 0.938. The summed E-state index contributed by atoms with van der Waals surface area (Å²) in [6.07, 6.45) is 9.36. The normalized spacial score (nSPS) is 26.6. The van der Waals surface area contributed by atoms with Gasteiger partial charge in [-0.25, -0.2) is 0 Å². The van der Waals surface area contributed by atoms with E-state index in [1.165, 1.54) is 44.9 Å². The summed E-state index contributed by atoms with van der Waals surface area (Å²) >= 11 is 0. The van der Waals surface area contributed by atoms with E-state index in [-0.39, 0.29) is 0 Å². The van der Waals surface area contributed by atoms with Crippen molar-refractivity contribution >= 4 is 0 Å². The molecular formula is C14H29NO. The predicted octanol–water partition coefficient (Wildman–Crippen LogP) is 3.36. The fraction of sp³-hybridized carbons (Fsp3) is 1.00. The lowest BCUT2D eigenvalue weighted by molar-refractivity contribution is 0.130. The Labute approximate surface area is 101 Å². The van der Waals surface area contributed by atoms with Crippen LogP contribution in [0.1, 0.15) is 58.8 Å². The lowest BCUT2D eigenvalue weighted by Gasteiger charge is -2.16. The minimum Gasteiger partial charge on any atom is -0.380 e. The van der Waals surface area contributed by atoms with Gasteiger partial charge in [0.25, 0.3) is 0 Å². The minimum atomic E-state index is 0.750. The molecule has 0 heterocycles. The molecule has 1 fully saturated rings. The average Bonchev–Trinajstić information content (AvgIpc) is 2.49. The molecule has 2 unspecified atom stereocenters. The molecule has 0 spiro atoms. The number of hydrogen-bond donors (Lipinski definition) is 1. The van der Waals surface area contributed by atoms with Gasteiger partial charge >= 0.3 is 0 Å². The van der Waals surface area contributed by atoms with Crippen molar-refractivity contribution in [2.75, 3.05) is 19.8 Å². The van der Waals surface area contributed by atoms with E-state index in [1.54, 1.807) is 0 Å². The maximum absolute atomic E-state index is 5.55. The summed E-state index contributed by atoms with van der Waals surface area (Å²) < 4.78 is 5.55. The van der Waals surface area contributed by atoms with Crippen molar-refractivity contribution in [3.63, 3.8) is 0 Å². The molecule has 1 N–H and O–H groups in total. The highest BCUT2D eigenvalue weighted by Crippen LogP contribution is 2.22. The number of hydrogen-bond acceptors (Lipinski definition) is 2. The third-order valence-electron chi connectivity index (χ3n) is 3.58. The Balaban J connectivity index is 1.95. The van der Waals surface area contributed by atoms with Crippen molar-refractivity contribution in [2.24, 2.45) is 5.92 Å². The standard InChI is InChI=1S/C14H29NO/c1-3-4-11-16-12-10-15-14-7-5-6-13(2)8-9-14/h13-15H,3-12H2,1-2H3. The van der Waals surface area contributed by atoms with E-state index in [9.17, 15) is 0 Å². The SMILES string of the molecule is CCCCOCCNC1CCCC(C)CC1. The summed E-state index contributed by atoms with van der Waals surface area (Å²) in [7, 11) is 0. The van der Waals surface area contributed by atoms with Gasteiger partial charge in [-0.1, -0.05) is 33.1 Å². The van der Waals surface area contributed by atoms with Crippen molar-refractivity contribution < 1.29 is 4.74 Å². The van der Waals surface area contributed by atoms with Crippen molar-refractivity contribution in [1.82, 2.24) is 5.32 Å². The van der Waals surface area contributed by atoms with Crippen molar-refractivity contribution in [3.8, 4) is 0 Å². The first kappa shape index (κ1) is 14.0. The highest BCUT2D eigenvalue weighted by molar-refractivity contribution is 4.72. The molecule has 0 aromatic rings. The molecule has 1 saturated carbocycles. The van der Waals surface area contributed by atoms with Crippen LogP contribution in [-0.4, -0.2) is 25.8 Å². The Morgan fingerprint density at radius 2 is 2.00 bits per heavy atom. The van der Waals surface area contributed by atoms with Gasteiger partial charge in [-0.15, -0.1) is 0 Å². The van der Waals surface area contributed by atoms with Gasteiger partial charge < -0.3 is 10.1 Å². The molecule has 0 radical (unpaired) electrons. The first-order valence-corrected chi connectivity index (χ1v) is 7.14. The van der Waals surface area contributed by atoms with Gasteiger partial charge in [-0.2, -0.15) is 0 Å². The Bertz CT molecular complexity index is 161. The van der Waals surface area contributed by atoms with Gasteiger partial charge in [0.05, 0.1) is 6.61 Å². The van der Waals surface area contributed by atoms with Gasteiger partial charge in [-0.05, 0) is 31.6 Å². The summed E-state index contributed by atoms with van der Waals surface area (Å²) in [6, 6.07) is 0.750. The monoisotopic (exact) mass is 227 g/mol. The lowest BCUT2D eigenvalue weighted by Crippen LogP contribution is -2.31. The second kappa shape index (κ2) is 9.00. The topological polar surface area (TPSA) is 21.3 Å². The van der Waals surface area contributed by atoms with E-state index in [2.05, 4.69) is 19.2 Å². The van der Waals surface area contributed by atoms with Crippen molar-refractivity contribution in [3.05, 3.63) is 0 Å². The van der Waals surface area contributed by atoms with E-state index in [0.717, 1.165) is 31.7 Å².